The summed E-state index contributed by atoms with van der Waals surface area (Å²) in [5.41, 5.74) is -1.09. The molecule has 1 N–H and O–H groups in total. The average Bonchev–Trinajstić information content (AvgIpc) is 2.69. The van der Waals surface area contributed by atoms with Crippen LogP contribution in [0.15, 0.2) is 17.3 Å². The zero-order chi connectivity index (χ0) is 13.6. The summed E-state index contributed by atoms with van der Waals surface area (Å²) in [4.78, 5) is 11.9. The Labute approximate surface area is 106 Å². The van der Waals surface area contributed by atoms with Crippen LogP contribution >= 0.6 is 0 Å². The van der Waals surface area contributed by atoms with E-state index in [-0.39, 0.29) is 17.3 Å². The van der Waals surface area contributed by atoms with Crippen molar-refractivity contribution in [2.24, 2.45) is 7.05 Å². The molecule has 0 radical (unpaired) electrons. The quantitative estimate of drug-likeness (QED) is 0.773. The molecule has 1 aliphatic heterocycles. The van der Waals surface area contributed by atoms with Gasteiger partial charge in [-0.05, 0) is 13.8 Å². The molecule has 0 bridgehead atoms. The number of piperazine rings is 1. The van der Waals surface area contributed by atoms with E-state index >= 15 is 0 Å². The number of rotatable bonds is 2. The second kappa shape index (κ2) is 4.06. The van der Waals surface area contributed by atoms with Gasteiger partial charge in [0.25, 0.3) is 0 Å². The molecule has 1 aromatic heterocycles. The Bertz CT molecular complexity index is 576. The summed E-state index contributed by atoms with van der Waals surface area (Å²) in [6.45, 7) is 3.77. The first kappa shape index (κ1) is 13.0. The number of nitrogens with zero attached hydrogens (tertiary/aromatic N) is 3. The van der Waals surface area contributed by atoms with Gasteiger partial charge >= 0.3 is 0 Å². The normalized spacial score (nSPS) is 20.7. The molecule has 0 saturated carbocycles. The van der Waals surface area contributed by atoms with Crippen LogP contribution in [0.5, 0.6) is 0 Å². The van der Waals surface area contributed by atoms with Crippen molar-refractivity contribution in [1.29, 1.82) is 0 Å². The van der Waals surface area contributed by atoms with Crippen molar-refractivity contribution >= 4 is 15.9 Å². The first-order valence-corrected chi connectivity index (χ1v) is 7.00. The van der Waals surface area contributed by atoms with Crippen molar-refractivity contribution in [1.82, 2.24) is 19.4 Å². The number of aryl methyl sites for hydroxylation is 1. The molecule has 1 fully saturated rings. The Morgan fingerprint density at radius 1 is 1.44 bits per heavy atom. The lowest BCUT2D eigenvalue weighted by molar-refractivity contribution is -0.131. The van der Waals surface area contributed by atoms with Gasteiger partial charge < -0.3 is 5.32 Å². The maximum Gasteiger partial charge on any atom is 0.247 e. The second-order valence-corrected chi connectivity index (χ2v) is 6.60. The third-order valence-electron chi connectivity index (χ3n) is 3.05. The van der Waals surface area contributed by atoms with Crippen molar-refractivity contribution in [3.63, 3.8) is 0 Å². The van der Waals surface area contributed by atoms with Crippen LogP contribution < -0.4 is 5.32 Å². The zero-order valence-corrected chi connectivity index (χ0v) is 11.4. The van der Waals surface area contributed by atoms with Gasteiger partial charge in [-0.1, -0.05) is 0 Å². The van der Waals surface area contributed by atoms with Gasteiger partial charge in [0.05, 0.1) is 6.20 Å². The lowest BCUT2D eigenvalue weighted by Crippen LogP contribution is -2.63. The Morgan fingerprint density at radius 3 is 2.67 bits per heavy atom. The van der Waals surface area contributed by atoms with E-state index in [4.69, 9.17) is 0 Å². The van der Waals surface area contributed by atoms with Gasteiger partial charge in [-0.15, -0.1) is 0 Å². The topological polar surface area (TPSA) is 84.3 Å². The molecule has 0 aliphatic carbocycles. The monoisotopic (exact) mass is 272 g/mol. The van der Waals surface area contributed by atoms with Crippen molar-refractivity contribution < 1.29 is 13.2 Å². The van der Waals surface area contributed by atoms with Gasteiger partial charge in [0.15, 0.2) is 0 Å². The van der Waals surface area contributed by atoms with E-state index in [2.05, 4.69) is 10.4 Å². The first-order valence-electron chi connectivity index (χ1n) is 5.56. The fraction of sp³-hybridized carbons (Fsp3) is 0.600. The van der Waals surface area contributed by atoms with E-state index < -0.39 is 15.6 Å². The maximum atomic E-state index is 12.5. The predicted octanol–water partition coefficient (Wildman–Crippen LogP) is -0.681. The molecule has 0 unspecified atom stereocenters. The van der Waals surface area contributed by atoms with Gasteiger partial charge in [-0.3, -0.25) is 9.48 Å². The van der Waals surface area contributed by atoms with E-state index in [1.165, 1.54) is 21.4 Å². The zero-order valence-electron chi connectivity index (χ0n) is 10.5. The molecule has 0 aromatic carbocycles. The highest BCUT2D eigenvalue weighted by Gasteiger charge is 2.45. The van der Waals surface area contributed by atoms with Crippen LogP contribution in [0.4, 0.5) is 0 Å². The van der Waals surface area contributed by atoms with Gasteiger partial charge in [-0.25, -0.2) is 8.42 Å². The van der Waals surface area contributed by atoms with Crippen LogP contribution in [-0.2, 0) is 21.9 Å². The number of hydrogen-bond donors (Lipinski definition) is 1. The molecule has 0 atom stereocenters. The number of sulfonamides is 1. The second-order valence-electron chi connectivity index (χ2n) is 4.74. The molecule has 8 heteroatoms. The highest BCUT2D eigenvalue weighted by atomic mass is 32.2. The minimum absolute atomic E-state index is 0.104. The standard InChI is InChI=1S/C10H16N4O3S/c1-10(2)9(15)11-4-5-14(10)18(16,17)8-6-12-13(3)7-8/h6-7H,4-5H2,1-3H3,(H,11,15). The number of amides is 1. The fourth-order valence-electron chi connectivity index (χ4n) is 1.96. The number of carbonyl (C=O) groups excluding carboxylic acids is 1. The number of carbonyl (C=O) groups is 1. The van der Waals surface area contributed by atoms with E-state index in [0.717, 1.165) is 0 Å². The molecule has 1 saturated heterocycles. The van der Waals surface area contributed by atoms with Gasteiger partial charge in [0.2, 0.25) is 15.9 Å². The van der Waals surface area contributed by atoms with Crippen LogP contribution in [0.3, 0.4) is 0 Å². The Balaban J connectivity index is 2.44. The molecule has 1 aromatic rings. The Morgan fingerprint density at radius 2 is 2.11 bits per heavy atom. The van der Waals surface area contributed by atoms with Crippen molar-refractivity contribution in [2.45, 2.75) is 24.3 Å². The van der Waals surface area contributed by atoms with E-state index in [1.54, 1.807) is 20.9 Å². The minimum atomic E-state index is -3.69. The number of nitrogens with one attached hydrogen (secondary N) is 1. The molecular formula is C10H16N4O3S. The third-order valence-corrected chi connectivity index (χ3v) is 5.07. The molecule has 2 heterocycles. The van der Waals surface area contributed by atoms with E-state index in [0.29, 0.717) is 6.54 Å². The highest BCUT2D eigenvalue weighted by molar-refractivity contribution is 7.89. The van der Waals surface area contributed by atoms with Gasteiger partial charge in [0.1, 0.15) is 10.4 Å². The number of hydrogen-bond acceptors (Lipinski definition) is 4. The van der Waals surface area contributed by atoms with Crippen LogP contribution in [-0.4, -0.2) is 47.0 Å². The lowest BCUT2D eigenvalue weighted by Gasteiger charge is -2.39. The summed E-state index contributed by atoms with van der Waals surface area (Å²) in [6.07, 6.45) is 2.72. The summed E-state index contributed by atoms with van der Waals surface area (Å²) in [5, 5.41) is 6.52. The molecule has 2 rings (SSSR count). The van der Waals surface area contributed by atoms with Crippen LogP contribution in [0.25, 0.3) is 0 Å². The molecule has 100 valence electrons. The fourth-order valence-corrected chi connectivity index (χ4v) is 3.70. The predicted molar refractivity (Wildman–Crippen MR) is 64.2 cm³/mol. The van der Waals surface area contributed by atoms with Crippen LogP contribution in [0.2, 0.25) is 0 Å². The largest absolute Gasteiger partial charge is 0.353 e. The third kappa shape index (κ3) is 1.91. The molecule has 1 aliphatic rings. The first-order chi connectivity index (χ1) is 8.26. The molecular weight excluding hydrogens is 256 g/mol. The van der Waals surface area contributed by atoms with E-state index in [9.17, 15) is 13.2 Å². The minimum Gasteiger partial charge on any atom is -0.353 e. The van der Waals surface area contributed by atoms with Crippen molar-refractivity contribution in [2.75, 3.05) is 13.1 Å². The summed E-state index contributed by atoms with van der Waals surface area (Å²) in [6, 6.07) is 0. The molecule has 1 amide bonds. The average molecular weight is 272 g/mol. The highest BCUT2D eigenvalue weighted by Crippen LogP contribution is 2.26. The smallest absolute Gasteiger partial charge is 0.247 e. The summed E-state index contributed by atoms with van der Waals surface area (Å²) in [5.74, 6) is -0.291. The maximum absolute atomic E-state index is 12.5. The Hall–Kier alpha value is -1.41. The van der Waals surface area contributed by atoms with Crippen molar-refractivity contribution in [3.8, 4) is 0 Å². The van der Waals surface area contributed by atoms with Gasteiger partial charge in [0, 0.05) is 26.3 Å². The summed E-state index contributed by atoms with van der Waals surface area (Å²) >= 11 is 0. The molecule has 0 spiro atoms. The van der Waals surface area contributed by atoms with Crippen LogP contribution in [0, 0.1) is 0 Å². The molecule has 7 nitrogen and oxygen atoms in total. The summed E-state index contributed by atoms with van der Waals surface area (Å²) < 4.78 is 27.5. The van der Waals surface area contributed by atoms with Gasteiger partial charge in [-0.2, -0.15) is 9.40 Å². The Kier molecular flexibility index (Phi) is 2.94. The molecule has 18 heavy (non-hydrogen) atoms. The lowest BCUT2D eigenvalue weighted by atomic mass is 10.0. The van der Waals surface area contributed by atoms with E-state index in [1.807, 2.05) is 0 Å². The van der Waals surface area contributed by atoms with Crippen molar-refractivity contribution in [3.05, 3.63) is 12.4 Å². The SMILES string of the molecule is Cn1cc(S(=O)(=O)N2CCNC(=O)C2(C)C)cn1. The van der Waals surface area contributed by atoms with Crippen LogP contribution in [0.1, 0.15) is 13.8 Å². The number of aromatic nitrogens is 2. The summed E-state index contributed by atoms with van der Waals surface area (Å²) in [7, 11) is -2.05.